The maximum absolute atomic E-state index is 6.34. The Bertz CT molecular complexity index is 449. The summed E-state index contributed by atoms with van der Waals surface area (Å²) in [5.41, 5.74) is 2.43. The van der Waals surface area contributed by atoms with Crippen LogP contribution in [0.5, 0.6) is 0 Å². The largest absolute Gasteiger partial charge is 0.375 e. The van der Waals surface area contributed by atoms with Crippen molar-refractivity contribution in [1.29, 1.82) is 0 Å². The van der Waals surface area contributed by atoms with Gasteiger partial charge in [0.05, 0.1) is 24.9 Å². The second-order valence-corrected chi connectivity index (χ2v) is 6.13. The van der Waals surface area contributed by atoms with Crippen molar-refractivity contribution < 1.29 is 4.74 Å². The summed E-state index contributed by atoms with van der Waals surface area (Å²) >= 11 is 0. The summed E-state index contributed by atoms with van der Waals surface area (Å²) in [6.07, 6.45) is 16.8. The summed E-state index contributed by atoms with van der Waals surface area (Å²) < 4.78 is 6.34. The van der Waals surface area contributed by atoms with Crippen LogP contribution in [-0.4, -0.2) is 32.1 Å². The van der Waals surface area contributed by atoms with E-state index >= 15 is 0 Å². The van der Waals surface area contributed by atoms with Crippen LogP contribution in [-0.2, 0) is 17.6 Å². The number of rotatable bonds is 12. The highest BCUT2D eigenvalue weighted by atomic mass is 16.5. The van der Waals surface area contributed by atoms with Gasteiger partial charge in [-0.1, -0.05) is 13.8 Å². The van der Waals surface area contributed by atoms with Crippen LogP contribution in [0.15, 0.2) is 25.0 Å². The zero-order valence-electron chi connectivity index (χ0n) is 14.4. The molecule has 0 aliphatic heterocycles. The van der Waals surface area contributed by atoms with E-state index in [1.807, 2.05) is 12.4 Å². The number of H-pyrrole nitrogens is 2. The predicted molar refractivity (Wildman–Crippen MR) is 92.3 cm³/mol. The Morgan fingerprint density at radius 3 is 1.70 bits per heavy atom. The predicted octanol–water partition coefficient (Wildman–Crippen LogP) is 4.05. The molecule has 2 aromatic rings. The van der Waals surface area contributed by atoms with Crippen molar-refractivity contribution in [2.24, 2.45) is 0 Å². The summed E-state index contributed by atoms with van der Waals surface area (Å²) in [6, 6.07) is 0. The van der Waals surface area contributed by atoms with Gasteiger partial charge >= 0.3 is 0 Å². The van der Waals surface area contributed by atoms with Gasteiger partial charge < -0.3 is 14.7 Å². The van der Waals surface area contributed by atoms with Crippen molar-refractivity contribution in [3.63, 3.8) is 0 Å². The molecule has 0 aliphatic rings. The monoisotopic (exact) mass is 318 g/mol. The van der Waals surface area contributed by atoms with E-state index in [1.54, 1.807) is 12.7 Å². The summed E-state index contributed by atoms with van der Waals surface area (Å²) in [6.45, 7) is 4.44. The van der Waals surface area contributed by atoms with Crippen LogP contribution in [0.25, 0.3) is 0 Å². The molecule has 2 atom stereocenters. The Hall–Kier alpha value is -1.62. The zero-order chi connectivity index (χ0) is 16.3. The number of aryl methyl sites for hydroxylation is 2. The molecule has 2 rings (SSSR count). The van der Waals surface area contributed by atoms with Crippen molar-refractivity contribution in [3.8, 4) is 0 Å². The highest BCUT2D eigenvalue weighted by Gasteiger charge is 2.14. The molecule has 2 heterocycles. The molecule has 2 N–H and O–H groups in total. The molecule has 0 amide bonds. The van der Waals surface area contributed by atoms with Crippen LogP contribution in [0.2, 0.25) is 0 Å². The fourth-order valence-corrected chi connectivity index (χ4v) is 2.89. The highest BCUT2D eigenvalue weighted by molar-refractivity contribution is 4.94. The molecule has 2 unspecified atom stereocenters. The van der Waals surface area contributed by atoms with Crippen LogP contribution < -0.4 is 0 Å². The van der Waals surface area contributed by atoms with Crippen LogP contribution >= 0.6 is 0 Å². The van der Waals surface area contributed by atoms with Crippen LogP contribution in [0, 0.1) is 0 Å². The van der Waals surface area contributed by atoms with E-state index in [2.05, 4.69) is 33.8 Å². The SMILES string of the molecule is CCC(CCCc1cnc[nH]1)OC(CC)CCCc1cnc[nH]1. The number of hydrogen-bond acceptors (Lipinski definition) is 3. The van der Waals surface area contributed by atoms with Crippen molar-refractivity contribution in [2.75, 3.05) is 0 Å². The van der Waals surface area contributed by atoms with E-state index in [9.17, 15) is 0 Å². The number of imidazole rings is 2. The molecule has 5 heteroatoms. The highest BCUT2D eigenvalue weighted by Crippen LogP contribution is 2.17. The topological polar surface area (TPSA) is 66.6 Å². The molecule has 0 radical (unpaired) electrons. The third-order valence-electron chi connectivity index (χ3n) is 4.35. The van der Waals surface area contributed by atoms with Gasteiger partial charge in [0.2, 0.25) is 0 Å². The normalized spacial score (nSPS) is 14.0. The minimum Gasteiger partial charge on any atom is -0.375 e. The van der Waals surface area contributed by atoms with E-state index in [1.165, 1.54) is 11.4 Å². The third kappa shape index (κ3) is 6.57. The van der Waals surface area contributed by atoms with Gasteiger partial charge in [-0.15, -0.1) is 0 Å². The van der Waals surface area contributed by atoms with Gasteiger partial charge in [-0.3, -0.25) is 0 Å². The minimum absolute atomic E-state index is 0.370. The van der Waals surface area contributed by atoms with E-state index in [0.717, 1.165) is 51.4 Å². The van der Waals surface area contributed by atoms with Gasteiger partial charge in [-0.2, -0.15) is 0 Å². The molecule has 0 bridgehead atoms. The Labute approximate surface area is 139 Å². The average Bonchev–Trinajstić information content (AvgIpc) is 3.26. The number of aromatic amines is 2. The lowest BCUT2D eigenvalue weighted by Gasteiger charge is -2.23. The second-order valence-electron chi connectivity index (χ2n) is 6.13. The lowest BCUT2D eigenvalue weighted by molar-refractivity contribution is -0.0251. The molecule has 128 valence electrons. The first-order chi connectivity index (χ1) is 11.3. The maximum atomic E-state index is 6.34. The van der Waals surface area contributed by atoms with Gasteiger partial charge in [0.25, 0.3) is 0 Å². The number of nitrogens with zero attached hydrogens (tertiary/aromatic N) is 2. The lowest BCUT2D eigenvalue weighted by Crippen LogP contribution is -2.21. The molecular weight excluding hydrogens is 288 g/mol. The first-order valence-corrected chi connectivity index (χ1v) is 8.91. The number of ether oxygens (including phenoxy) is 1. The standard InChI is InChI=1S/C18H30N4O/c1-3-17(9-5-7-15-11-19-13-21-15)23-18(4-2)10-6-8-16-12-20-14-22-16/h11-14,17-18H,3-10H2,1-2H3,(H,19,21)(H,20,22). The molecule has 0 aromatic carbocycles. The van der Waals surface area contributed by atoms with E-state index in [4.69, 9.17) is 4.74 Å². The van der Waals surface area contributed by atoms with Crippen molar-refractivity contribution in [1.82, 2.24) is 19.9 Å². The van der Waals surface area contributed by atoms with E-state index < -0.39 is 0 Å². The quantitative estimate of drug-likeness (QED) is 0.620. The Kier molecular flexibility index (Phi) is 7.87. The second kappa shape index (κ2) is 10.2. The smallest absolute Gasteiger partial charge is 0.0921 e. The Balaban J connectivity index is 1.65. The fourth-order valence-electron chi connectivity index (χ4n) is 2.89. The van der Waals surface area contributed by atoms with Gasteiger partial charge in [0, 0.05) is 23.8 Å². The molecule has 2 aromatic heterocycles. The number of hydrogen-bond donors (Lipinski definition) is 2. The molecule has 0 saturated carbocycles. The molecule has 23 heavy (non-hydrogen) atoms. The Morgan fingerprint density at radius 2 is 1.35 bits per heavy atom. The van der Waals surface area contributed by atoms with Crippen LogP contribution in [0.3, 0.4) is 0 Å². The molecule has 0 spiro atoms. The summed E-state index contributed by atoms with van der Waals surface area (Å²) in [4.78, 5) is 14.4. The van der Waals surface area contributed by atoms with E-state index in [-0.39, 0.29) is 0 Å². The van der Waals surface area contributed by atoms with Crippen molar-refractivity contribution in [2.45, 2.75) is 77.4 Å². The van der Waals surface area contributed by atoms with Gasteiger partial charge in [0.15, 0.2) is 0 Å². The molecule has 0 fully saturated rings. The van der Waals surface area contributed by atoms with Gasteiger partial charge in [-0.05, 0) is 51.4 Å². The summed E-state index contributed by atoms with van der Waals surface area (Å²) in [7, 11) is 0. The van der Waals surface area contributed by atoms with Gasteiger partial charge in [-0.25, -0.2) is 9.97 Å². The number of aromatic nitrogens is 4. The van der Waals surface area contributed by atoms with E-state index in [0.29, 0.717) is 12.2 Å². The summed E-state index contributed by atoms with van der Waals surface area (Å²) in [5.74, 6) is 0. The first kappa shape index (κ1) is 17.7. The first-order valence-electron chi connectivity index (χ1n) is 8.91. The van der Waals surface area contributed by atoms with Crippen LogP contribution in [0.1, 0.15) is 63.8 Å². The van der Waals surface area contributed by atoms with Crippen molar-refractivity contribution >= 4 is 0 Å². The molecule has 0 aliphatic carbocycles. The van der Waals surface area contributed by atoms with Gasteiger partial charge in [0.1, 0.15) is 0 Å². The molecule has 5 nitrogen and oxygen atoms in total. The number of nitrogens with one attached hydrogen (secondary N) is 2. The Morgan fingerprint density at radius 1 is 0.870 bits per heavy atom. The summed E-state index contributed by atoms with van der Waals surface area (Å²) in [5, 5.41) is 0. The maximum Gasteiger partial charge on any atom is 0.0921 e. The fraction of sp³-hybridized carbons (Fsp3) is 0.667. The van der Waals surface area contributed by atoms with Crippen molar-refractivity contribution in [3.05, 3.63) is 36.4 Å². The average molecular weight is 318 g/mol. The third-order valence-corrected chi connectivity index (χ3v) is 4.35. The zero-order valence-corrected chi connectivity index (χ0v) is 14.4. The minimum atomic E-state index is 0.370. The van der Waals surface area contributed by atoms with Crippen LogP contribution in [0.4, 0.5) is 0 Å². The molecular formula is C18H30N4O. The molecule has 0 saturated heterocycles. The lowest BCUT2D eigenvalue weighted by atomic mass is 10.1.